The average Bonchev–Trinajstić information content (AvgIpc) is 3.06. The summed E-state index contributed by atoms with van der Waals surface area (Å²) >= 11 is 3.08. The van der Waals surface area contributed by atoms with E-state index in [-0.39, 0.29) is 28.0 Å². The van der Waals surface area contributed by atoms with Crippen molar-refractivity contribution >= 4 is 40.4 Å². The van der Waals surface area contributed by atoms with Crippen LogP contribution in [0.5, 0.6) is 0 Å². The number of H-pyrrole nitrogens is 1. The van der Waals surface area contributed by atoms with E-state index in [0.717, 1.165) is 0 Å². The molecule has 15 heteroatoms. The predicted octanol–water partition coefficient (Wildman–Crippen LogP) is 6.26. The topological polar surface area (TPSA) is 127 Å². The number of aromatic nitrogens is 2. The maximum absolute atomic E-state index is 13.7. The molecule has 0 spiro atoms. The largest absolute Gasteiger partial charge is 0.531 e. The SMILES string of the molecule is C=C(Br)OP(=O)(OCC)O[C@H]1[C@@H](O[Si](C)(C)C(C)(C)C)[C@H](n2ccc(=O)[nH]c2=O)O[C@@H]1CO[Si](C)(C)C(C)(C)C. The fourth-order valence-electron chi connectivity index (χ4n) is 3.48. The Morgan fingerprint density at radius 3 is 2.15 bits per heavy atom. The van der Waals surface area contributed by atoms with Crippen LogP contribution in [0.15, 0.2) is 33.1 Å². The summed E-state index contributed by atoms with van der Waals surface area (Å²) in [6.07, 6.45) is -2.47. The summed E-state index contributed by atoms with van der Waals surface area (Å²) in [4.78, 5) is 27.0. The first-order chi connectivity index (χ1) is 18.0. The molecule has 1 aromatic heterocycles. The van der Waals surface area contributed by atoms with E-state index in [0.29, 0.717) is 0 Å². The molecule has 1 aliphatic rings. The maximum Gasteiger partial charge on any atom is 0.531 e. The van der Waals surface area contributed by atoms with Gasteiger partial charge in [-0.2, -0.15) is 0 Å². The molecule has 230 valence electrons. The molecule has 0 amide bonds. The zero-order valence-corrected chi connectivity index (χ0v) is 30.0. The van der Waals surface area contributed by atoms with Gasteiger partial charge in [-0.3, -0.25) is 23.4 Å². The van der Waals surface area contributed by atoms with Gasteiger partial charge in [0.25, 0.3) is 5.56 Å². The van der Waals surface area contributed by atoms with Crippen LogP contribution >= 0.6 is 23.8 Å². The number of hydrogen-bond donors (Lipinski definition) is 1. The van der Waals surface area contributed by atoms with Gasteiger partial charge in [0.2, 0.25) is 0 Å². The van der Waals surface area contributed by atoms with Crippen LogP contribution < -0.4 is 11.2 Å². The highest BCUT2D eigenvalue weighted by Crippen LogP contribution is 2.56. The summed E-state index contributed by atoms with van der Waals surface area (Å²) in [6.45, 7) is 26.3. The van der Waals surface area contributed by atoms with Gasteiger partial charge in [0.1, 0.15) is 18.3 Å². The molecule has 11 nitrogen and oxygen atoms in total. The van der Waals surface area contributed by atoms with Crippen molar-refractivity contribution in [2.75, 3.05) is 13.2 Å². The highest BCUT2D eigenvalue weighted by atomic mass is 79.9. The van der Waals surface area contributed by atoms with Crippen molar-refractivity contribution in [3.05, 3.63) is 44.3 Å². The molecule has 2 heterocycles. The Morgan fingerprint density at radius 1 is 1.10 bits per heavy atom. The van der Waals surface area contributed by atoms with Crippen molar-refractivity contribution in [2.24, 2.45) is 0 Å². The lowest BCUT2D eigenvalue weighted by molar-refractivity contribution is -0.0515. The Morgan fingerprint density at radius 2 is 1.68 bits per heavy atom. The highest BCUT2D eigenvalue weighted by Gasteiger charge is 2.55. The van der Waals surface area contributed by atoms with Gasteiger partial charge in [-0.25, -0.2) is 9.36 Å². The molecule has 1 saturated heterocycles. The second-order valence-corrected chi connectivity index (χ2v) is 24.9. The average molecular weight is 686 g/mol. The molecule has 5 atom stereocenters. The number of nitrogens with one attached hydrogen (secondary N) is 1. The van der Waals surface area contributed by atoms with Gasteiger partial charge in [0, 0.05) is 12.3 Å². The van der Waals surface area contributed by atoms with E-state index < -0.39 is 60.2 Å². The number of aromatic amines is 1. The van der Waals surface area contributed by atoms with Gasteiger partial charge in [0.05, 0.1) is 13.2 Å². The minimum Gasteiger partial charge on any atom is -0.414 e. The Labute approximate surface area is 247 Å². The van der Waals surface area contributed by atoms with Crippen LogP contribution in [0.25, 0.3) is 0 Å². The Bertz CT molecular complexity index is 1210. The molecule has 1 unspecified atom stereocenters. The molecule has 1 aromatic rings. The van der Waals surface area contributed by atoms with Crippen LogP contribution in [0.2, 0.25) is 36.3 Å². The highest BCUT2D eigenvalue weighted by molar-refractivity contribution is 9.11. The minimum atomic E-state index is -4.22. The van der Waals surface area contributed by atoms with Crippen molar-refractivity contribution in [3.8, 4) is 0 Å². The van der Waals surface area contributed by atoms with E-state index in [2.05, 4.69) is 95.2 Å². The summed E-state index contributed by atoms with van der Waals surface area (Å²) in [5.41, 5.74) is -1.22. The van der Waals surface area contributed by atoms with E-state index in [1.807, 2.05) is 0 Å². The Kier molecular flexibility index (Phi) is 11.3. The second kappa shape index (κ2) is 12.8. The number of ether oxygens (including phenoxy) is 1. The monoisotopic (exact) mass is 684 g/mol. The van der Waals surface area contributed by atoms with Gasteiger partial charge in [0.15, 0.2) is 27.5 Å². The zero-order chi connectivity index (χ0) is 30.9. The van der Waals surface area contributed by atoms with Crippen LogP contribution in [0.1, 0.15) is 54.7 Å². The number of halogens is 1. The number of rotatable bonds is 12. The third-order valence-electron chi connectivity index (χ3n) is 7.81. The molecule has 1 N–H and O–H groups in total. The molecule has 40 heavy (non-hydrogen) atoms. The van der Waals surface area contributed by atoms with E-state index >= 15 is 0 Å². The van der Waals surface area contributed by atoms with E-state index in [1.165, 1.54) is 16.8 Å². The molecule has 1 fully saturated rings. The van der Waals surface area contributed by atoms with E-state index in [9.17, 15) is 14.2 Å². The maximum atomic E-state index is 13.7. The van der Waals surface area contributed by atoms with Crippen LogP contribution in [-0.2, 0) is 31.7 Å². The van der Waals surface area contributed by atoms with Crippen molar-refractivity contribution in [1.29, 1.82) is 0 Å². The summed E-state index contributed by atoms with van der Waals surface area (Å²) in [5, 5.41) is -0.316. The molecular formula is C25H46BrN2O9PSi2. The van der Waals surface area contributed by atoms with Crippen molar-refractivity contribution < 1.29 is 31.7 Å². The molecule has 0 aliphatic carbocycles. The van der Waals surface area contributed by atoms with Gasteiger partial charge in [-0.15, -0.1) is 0 Å². The number of phosphoric acid groups is 1. The minimum absolute atomic E-state index is 0.0346. The Balaban J connectivity index is 2.69. The van der Waals surface area contributed by atoms with Gasteiger partial charge < -0.3 is 18.1 Å². The van der Waals surface area contributed by atoms with Gasteiger partial charge in [-0.1, -0.05) is 41.5 Å². The molecule has 1 aliphatic heterocycles. The number of nitrogens with zero attached hydrogens (tertiary/aromatic N) is 1. The number of phosphoric ester groups is 1. The fraction of sp³-hybridized carbons (Fsp3) is 0.760. The lowest BCUT2D eigenvalue weighted by atomic mass is 10.1. The summed E-state index contributed by atoms with van der Waals surface area (Å²) in [5.74, 6) is 0. The summed E-state index contributed by atoms with van der Waals surface area (Å²) in [7, 11) is -9.02. The Hall–Kier alpha value is -0.836. The molecule has 0 radical (unpaired) electrons. The lowest BCUT2D eigenvalue weighted by Gasteiger charge is -2.41. The van der Waals surface area contributed by atoms with Gasteiger partial charge >= 0.3 is 13.5 Å². The third-order valence-corrected chi connectivity index (χ3v) is 18.7. The molecule has 0 bridgehead atoms. The standard InChI is InChI=1S/C25H46BrN2O9PSi2/c1-13-32-38(31,35-17(2)26)36-20-18(16-33-39(9,10)24(3,4)5)34-22(28-15-14-19(29)27-23(28)30)21(20)37-40(11,12)25(6,7)8/h14-15,18,20-22H,2,13,16H2,1,3-12H3,(H,27,29,30)/t18-,20-,21-,22-,38?/m1/s1. The van der Waals surface area contributed by atoms with Crippen LogP contribution in [0.3, 0.4) is 0 Å². The lowest BCUT2D eigenvalue weighted by Crippen LogP contribution is -2.50. The quantitative estimate of drug-likeness (QED) is 0.154. The zero-order valence-electron chi connectivity index (χ0n) is 25.5. The normalized spacial score (nSPS) is 24.1. The van der Waals surface area contributed by atoms with Gasteiger partial charge in [-0.05, 0) is 65.7 Å². The fourth-order valence-corrected chi connectivity index (χ4v) is 7.58. The first kappa shape index (κ1) is 35.4. The molecular weight excluding hydrogens is 639 g/mol. The molecule has 0 aromatic carbocycles. The molecule has 2 rings (SSSR count). The summed E-state index contributed by atoms with van der Waals surface area (Å²) < 4.78 is 51.7. The van der Waals surface area contributed by atoms with Crippen LogP contribution in [0.4, 0.5) is 0 Å². The first-order valence-corrected chi connectivity index (χ1v) is 21.4. The second-order valence-electron chi connectivity index (χ2n) is 12.9. The van der Waals surface area contributed by atoms with Crippen LogP contribution in [0, 0.1) is 0 Å². The van der Waals surface area contributed by atoms with Crippen molar-refractivity contribution in [3.63, 3.8) is 0 Å². The third kappa shape index (κ3) is 8.60. The van der Waals surface area contributed by atoms with Crippen molar-refractivity contribution in [2.45, 2.75) is 109 Å². The predicted molar refractivity (Wildman–Crippen MR) is 164 cm³/mol. The first-order valence-electron chi connectivity index (χ1n) is 13.3. The number of hydrogen-bond acceptors (Lipinski definition) is 9. The van der Waals surface area contributed by atoms with E-state index in [4.69, 9.17) is 27.2 Å². The summed E-state index contributed by atoms with van der Waals surface area (Å²) in [6, 6.07) is 1.23. The smallest absolute Gasteiger partial charge is 0.414 e. The molecule has 0 saturated carbocycles. The van der Waals surface area contributed by atoms with E-state index in [1.54, 1.807) is 6.92 Å². The van der Waals surface area contributed by atoms with Crippen molar-refractivity contribution in [1.82, 2.24) is 9.55 Å². The van der Waals surface area contributed by atoms with Crippen LogP contribution in [-0.4, -0.2) is 57.7 Å².